The molecule has 0 aromatic carbocycles. The Morgan fingerprint density at radius 2 is 1.55 bits per heavy atom. The highest BCUT2D eigenvalue weighted by atomic mass is 35.5. The van der Waals surface area contributed by atoms with E-state index in [4.69, 9.17) is 21.1 Å². The van der Waals surface area contributed by atoms with E-state index in [-0.39, 0.29) is 5.92 Å². The molecule has 0 spiro atoms. The summed E-state index contributed by atoms with van der Waals surface area (Å²) in [5, 5.41) is 9.54. The predicted octanol–water partition coefficient (Wildman–Crippen LogP) is 7.50. The van der Waals surface area contributed by atoms with Gasteiger partial charge in [-0.2, -0.15) is 5.26 Å². The zero-order chi connectivity index (χ0) is 22.2. The highest BCUT2D eigenvalue weighted by Gasteiger charge is 2.19. The monoisotopic (exact) mass is 421 g/mol. The summed E-state index contributed by atoms with van der Waals surface area (Å²) < 4.78 is 11.2. The Hall–Kier alpha value is -1.34. The van der Waals surface area contributed by atoms with E-state index in [0.29, 0.717) is 12.5 Å². The average Bonchev–Trinajstić information content (AvgIpc) is 2.66. The van der Waals surface area contributed by atoms with E-state index >= 15 is 0 Å². The van der Waals surface area contributed by atoms with Gasteiger partial charge in [0.05, 0.1) is 6.07 Å². The Balaban J connectivity index is 4.84. The van der Waals surface area contributed by atoms with E-state index in [1.165, 1.54) is 16.7 Å². The van der Waals surface area contributed by atoms with E-state index < -0.39 is 12.4 Å². The molecule has 0 N–H and O–H groups in total. The zero-order valence-electron chi connectivity index (χ0n) is 19.4. The maximum Gasteiger partial charge on any atom is 0.168 e. The lowest BCUT2D eigenvalue weighted by Crippen LogP contribution is -2.24. The Bertz CT molecular complexity index is 623. The smallest absolute Gasteiger partial charge is 0.168 e. The van der Waals surface area contributed by atoms with Gasteiger partial charge in [-0.05, 0) is 71.8 Å². The number of hydrogen-bond acceptors (Lipinski definition) is 3. The third-order valence-electron chi connectivity index (χ3n) is 4.65. The van der Waals surface area contributed by atoms with Crippen molar-refractivity contribution in [3.8, 4) is 6.07 Å². The van der Waals surface area contributed by atoms with Gasteiger partial charge in [0.15, 0.2) is 12.4 Å². The van der Waals surface area contributed by atoms with Crippen LogP contribution in [0.1, 0.15) is 74.1 Å². The number of rotatable bonds is 14. The molecule has 0 aliphatic heterocycles. The van der Waals surface area contributed by atoms with Crippen LogP contribution < -0.4 is 0 Å². The van der Waals surface area contributed by atoms with Crippen LogP contribution in [0.5, 0.6) is 0 Å². The van der Waals surface area contributed by atoms with Crippen molar-refractivity contribution in [2.75, 3.05) is 12.5 Å². The number of hydrogen-bond donors (Lipinski definition) is 0. The summed E-state index contributed by atoms with van der Waals surface area (Å²) >= 11 is 5.80. The second kappa shape index (κ2) is 16.5. The molecule has 0 saturated heterocycles. The summed E-state index contributed by atoms with van der Waals surface area (Å²) in [5.74, 6) is 0.838. The van der Waals surface area contributed by atoms with Crippen LogP contribution in [0.2, 0.25) is 0 Å². The van der Waals surface area contributed by atoms with Crippen LogP contribution in [0.15, 0.2) is 46.6 Å². The molecule has 0 fully saturated rings. The maximum absolute atomic E-state index is 9.54. The summed E-state index contributed by atoms with van der Waals surface area (Å²) in [6, 6.07) is 2.26. The molecule has 0 bridgehead atoms. The highest BCUT2D eigenvalue weighted by Crippen LogP contribution is 2.20. The van der Waals surface area contributed by atoms with Crippen LogP contribution in [-0.2, 0) is 9.47 Å². The van der Waals surface area contributed by atoms with Crippen LogP contribution in [0, 0.1) is 17.2 Å². The van der Waals surface area contributed by atoms with Crippen molar-refractivity contribution in [2.24, 2.45) is 5.92 Å². The molecule has 0 amide bonds. The Morgan fingerprint density at radius 1 is 0.966 bits per heavy atom. The number of halogens is 1. The van der Waals surface area contributed by atoms with Crippen LogP contribution in [0.4, 0.5) is 0 Å². The number of nitrogens with zero attached hydrogens (tertiary/aromatic N) is 1. The van der Waals surface area contributed by atoms with E-state index in [9.17, 15) is 5.26 Å². The number of alkyl halides is 1. The van der Waals surface area contributed by atoms with Crippen molar-refractivity contribution >= 4 is 11.6 Å². The second-order valence-corrected chi connectivity index (χ2v) is 8.08. The number of nitriles is 1. The van der Waals surface area contributed by atoms with Gasteiger partial charge < -0.3 is 9.47 Å². The molecule has 0 aliphatic rings. The van der Waals surface area contributed by atoms with Crippen molar-refractivity contribution in [2.45, 2.75) is 86.5 Å². The minimum atomic E-state index is -0.591. The summed E-state index contributed by atoms with van der Waals surface area (Å²) in [6.07, 6.45) is 11.9. The largest absolute Gasteiger partial charge is 0.353 e. The lowest BCUT2D eigenvalue weighted by Gasteiger charge is -2.21. The first kappa shape index (κ1) is 27.7. The number of allylic oxidation sites excluding steroid dienone is 7. The van der Waals surface area contributed by atoms with Crippen molar-refractivity contribution in [1.82, 2.24) is 0 Å². The highest BCUT2D eigenvalue weighted by molar-refractivity contribution is 6.19. The minimum absolute atomic E-state index is 0.226. The molecule has 2 unspecified atom stereocenters. The molecule has 4 heteroatoms. The molecule has 164 valence electrons. The normalized spacial score (nSPS) is 16.1. The molecule has 0 aliphatic carbocycles. The first-order valence-electron chi connectivity index (χ1n) is 10.7. The average molecular weight is 422 g/mol. The predicted molar refractivity (Wildman–Crippen MR) is 125 cm³/mol. The summed E-state index contributed by atoms with van der Waals surface area (Å²) in [6.45, 7) is 14.9. The van der Waals surface area contributed by atoms with E-state index in [0.717, 1.165) is 31.3 Å². The van der Waals surface area contributed by atoms with Gasteiger partial charge in [-0.25, -0.2) is 0 Å². The van der Waals surface area contributed by atoms with E-state index in [1.54, 1.807) is 0 Å². The summed E-state index contributed by atoms with van der Waals surface area (Å²) in [7, 11) is 0. The minimum Gasteiger partial charge on any atom is -0.353 e. The van der Waals surface area contributed by atoms with Gasteiger partial charge in [-0.3, -0.25) is 0 Å². The first-order valence-corrected chi connectivity index (χ1v) is 11.2. The molecule has 0 saturated carbocycles. The molecule has 0 heterocycles. The van der Waals surface area contributed by atoms with Gasteiger partial charge >= 0.3 is 0 Å². The van der Waals surface area contributed by atoms with Crippen molar-refractivity contribution in [3.05, 3.63) is 46.6 Å². The molecular weight excluding hydrogens is 382 g/mol. The SMILES string of the molecule is CCOC(C)OC(C#N)/C(=C/C=C(\C)CC/C=C(\C)CC/C=C(\C)CCl)C(C)C. The molecule has 0 aromatic heterocycles. The third kappa shape index (κ3) is 13.5. The summed E-state index contributed by atoms with van der Waals surface area (Å²) in [5.41, 5.74) is 4.92. The lowest BCUT2D eigenvalue weighted by molar-refractivity contribution is -0.137. The number of ether oxygens (including phenoxy) is 2. The molecule has 29 heavy (non-hydrogen) atoms. The van der Waals surface area contributed by atoms with Gasteiger partial charge in [-0.1, -0.05) is 54.9 Å². The van der Waals surface area contributed by atoms with Gasteiger partial charge in [0, 0.05) is 12.5 Å². The second-order valence-electron chi connectivity index (χ2n) is 7.81. The van der Waals surface area contributed by atoms with Crippen LogP contribution in [0.3, 0.4) is 0 Å². The topological polar surface area (TPSA) is 42.2 Å². The van der Waals surface area contributed by atoms with Crippen LogP contribution >= 0.6 is 11.6 Å². The van der Waals surface area contributed by atoms with E-state index in [1.807, 2.05) is 19.9 Å². The first-order chi connectivity index (χ1) is 13.7. The lowest BCUT2D eigenvalue weighted by atomic mass is 9.96. The zero-order valence-corrected chi connectivity index (χ0v) is 20.2. The van der Waals surface area contributed by atoms with Crippen LogP contribution in [-0.4, -0.2) is 24.9 Å². The fourth-order valence-corrected chi connectivity index (χ4v) is 2.91. The van der Waals surface area contributed by atoms with Crippen LogP contribution in [0.25, 0.3) is 0 Å². The fraction of sp³-hybridized carbons (Fsp3) is 0.640. The molecule has 3 nitrogen and oxygen atoms in total. The molecular formula is C25H40ClNO2. The summed E-state index contributed by atoms with van der Waals surface area (Å²) in [4.78, 5) is 0. The van der Waals surface area contributed by atoms with Crippen molar-refractivity contribution in [1.29, 1.82) is 5.26 Å². The molecule has 0 radical (unpaired) electrons. The van der Waals surface area contributed by atoms with E-state index in [2.05, 4.69) is 58.9 Å². The molecule has 0 rings (SSSR count). The Kier molecular flexibility index (Phi) is 15.7. The Morgan fingerprint density at radius 3 is 2.07 bits per heavy atom. The fourth-order valence-electron chi connectivity index (χ4n) is 2.80. The van der Waals surface area contributed by atoms with Gasteiger partial charge in [0.1, 0.15) is 0 Å². The molecule has 0 aromatic rings. The maximum atomic E-state index is 9.54. The van der Waals surface area contributed by atoms with Crippen molar-refractivity contribution in [3.63, 3.8) is 0 Å². The van der Waals surface area contributed by atoms with Crippen molar-refractivity contribution < 1.29 is 9.47 Å². The standard InChI is InChI=1S/C25H40ClNO2/c1-8-28-23(7)29-25(18-27)24(19(2)3)16-15-21(5)13-9-11-20(4)12-10-14-22(6)17-26/h11,14-16,19,23,25H,8-10,12-13,17H2,1-7H3/b20-11+,21-15+,22-14+,24-16+. The van der Waals surface area contributed by atoms with Gasteiger partial charge in [0.2, 0.25) is 0 Å². The Labute approximate surface area is 184 Å². The molecule has 2 atom stereocenters. The quantitative estimate of drug-likeness (QED) is 0.126. The van der Waals surface area contributed by atoms with Gasteiger partial charge in [0.25, 0.3) is 0 Å². The van der Waals surface area contributed by atoms with Gasteiger partial charge in [-0.15, -0.1) is 11.6 Å². The third-order valence-corrected chi connectivity index (χ3v) is 5.07.